The van der Waals surface area contributed by atoms with Gasteiger partial charge in [-0.2, -0.15) is 5.10 Å². The van der Waals surface area contributed by atoms with Crippen LogP contribution in [0.2, 0.25) is 0 Å². The first-order chi connectivity index (χ1) is 10.5. The molecule has 1 heterocycles. The molecule has 0 aliphatic carbocycles. The lowest BCUT2D eigenvalue weighted by molar-refractivity contribution is -0.136. The zero-order valence-electron chi connectivity index (χ0n) is 12.5. The minimum absolute atomic E-state index is 0.00592. The molecule has 0 aliphatic heterocycles. The second-order valence-corrected chi connectivity index (χ2v) is 5.32. The Balaban J connectivity index is 2.21. The van der Waals surface area contributed by atoms with Gasteiger partial charge < -0.3 is 4.74 Å². The molecule has 0 spiro atoms. The van der Waals surface area contributed by atoms with E-state index in [2.05, 4.69) is 11.7 Å². The Morgan fingerprint density at radius 3 is 2.68 bits per heavy atom. The van der Waals surface area contributed by atoms with Crippen LogP contribution in [0.5, 0.6) is 0 Å². The number of hydrogen-bond donors (Lipinski definition) is 0. The van der Waals surface area contributed by atoms with E-state index >= 15 is 0 Å². The number of esters is 1. The molecule has 0 bridgehead atoms. The van der Waals surface area contributed by atoms with E-state index in [1.807, 2.05) is 48.9 Å². The number of halogens is 1. The first-order valence-electron chi connectivity index (χ1n) is 6.79. The summed E-state index contributed by atoms with van der Waals surface area (Å²) in [5, 5.41) is 4.79. The fourth-order valence-corrected chi connectivity index (χ4v) is 2.12. The van der Waals surface area contributed by atoms with Crippen LogP contribution in [-0.4, -0.2) is 22.4 Å². The largest absolute Gasteiger partial charge is 0.457 e. The van der Waals surface area contributed by atoms with Gasteiger partial charge >= 0.3 is 5.97 Å². The number of carbonyl (C=O) groups excluding carboxylic acids is 1. The molecule has 0 fully saturated rings. The SMILES string of the molecule is C=C(Cl)COC(=O)C=Cc1c(C)nn(-c2ccccc2)c1C. The summed E-state index contributed by atoms with van der Waals surface area (Å²) >= 11 is 5.55. The molecular weight excluding hydrogens is 300 g/mol. The summed E-state index contributed by atoms with van der Waals surface area (Å²) < 4.78 is 6.76. The Labute approximate surface area is 134 Å². The lowest BCUT2D eigenvalue weighted by atomic mass is 10.2. The lowest BCUT2D eigenvalue weighted by Crippen LogP contribution is -2.01. The van der Waals surface area contributed by atoms with Crippen molar-refractivity contribution in [2.75, 3.05) is 6.61 Å². The second kappa shape index (κ2) is 7.09. The highest BCUT2D eigenvalue weighted by Crippen LogP contribution is 2.19. The fraction of sp³-hybridized carbons (Fsp3) is 0.176. The second-order valence-electron chi connectivity index (χ2n) is 4.79. The van der Waals surface area contributed by atoms with Gasteiger partial charge in [0.1, 0.15) is 6.61 Å². The van der Waals surface area contributed by atoms with Crippen LogP contribution < -0.4 is 0 Å². The molecule has 4 nitrogen and oxygen atoms in total. The normalized spacial score (nSPS) is 10.9. The Morgan fingerprint density at radius 1 is 1.36 bits per heavy atom. The third kappa shape index (κ3) is 3.86. The van der Waals surface area contributed by atoms with Crippen molar-refractivity contribution in [2.24, 2.45) is 0 Å². The maximum absolute atomic E-state index is 11.6. The molecule has 2 rings (SSSR count). The van der Waals surface area contributed by atoms with Crippen molar-refractivity contribution >= 4 is 23.6 Å². The van der Waals surface area contributed by atoms with Crippen LogP contribution in [0.4, 0.5) is 0 Å². The van der Waals surface area contributed by atoms with E-state index in [0.717, 1.165) is 22.6 Å². The highest BCUT2D eigenvalue weighted by Gasteiger charge is 2.10. The topological polar surface area (TPSA) is 44.1 Å². The molecule has 1 aromatic carbocycles. The van der Waals surface area contributed by atoms with Crippen LogP contribution in [0.15, 0.2) is 48.0 Å². The predicted octanol–water partition coefficient (Wildman–Crippen LogP) is 3.80. The third-order valence-corrected chi connectivity index (χ3v) is 3.21. The number of para-hydroxylation sites is 1. The van der Waals surface area contributed by atoms with Crippen LogP contribution >= 0.6 is 11.6 Å². The number of aryl methyl sites for hydroxylation is 1. The van der Waals surface area contributed by atoms with E-state index < -0.39 is 5.97 Å². The number of ether oxygens (including phenoxy) is 1. The van der Waals surface area contributed by atoms with Crippen molar-refractivity contribution in [3.8, 4) is 5.69 Å². The molecule has 0 saturated carbocycles. The van der Waals surface area contributed by atoms with Crippen molar-refractivity contribution in [2.45, 2.75) is 13.8 Å². The van der Waals surface area contributed by atoms with Gasteiger partial charge in [0.15, 0.2) is 0 Å². The van der Waals surface area contributed by atoms with Gasteiger partial charge in [-0.15, -0.1) is 0 Å². The van der Waals surface area contributed by atoms with Crippen LogP contribution in [0.25, 0.3) is 11.8 Å². The lowest BCUT2D eigenvalue weighted by Gasteiger charge is -2.03. The molecule has 2 aromatic rings. The summed E-state index contributed by atoms with van der Waals surface area (Å²) in [4.78, 5) is 11.6. The number of hydrogen-bond acceptors (Lipinski definition) is 3. The standard InChI is InChI=1S/C17H17ClN2O2/c1-12(18)11-22-17(21)10-9-16-13(2)19-20(14(16)3)15-7-5-4-6-8-15/h4-10H,1,11H2,2-3H3. The van der Waals surface area contributed by atoms with Gasteiger partial charge in [0.25, 0.3) is 0 Å². The van der Waals surface area contributed by atoms with Gasteiger partial charge in [-0.25, -0.2) is 9.48 Å². The molecule has 0 unspecified atom stereocenters. The minimum Gasteiger partial charge on any atom is -0.457 e. The van der Waals surface area contributed by atoms with E-state index in [1.165, 1.54) is 6.08 Å². The van der Waals surface area contributed by atoms with Gasteiger partial charge in [0, 0.05) is 22.4 Å². The van der Waals surface area contributed by atoms with Crippen LogP contribution in [0.1, 0.15) is 17.0 Å². The number of aromatic nitrogens is 2. The minimum atomic E-state index is -0.465. The smallest absolute Gasteiger partial charge is 0.331 e. The average Bonchev–Trinajstić information content (AvgIpc) is 2.79. The zero-order chi connectivity index (χ0) is 16.1. The Morgan fingerprint density at radius 2 is 2.05 bits per heavy atom. The van der Waals surface area contributed by atoms with Crippen LogP contribution in [0.3, 0.4) is 0 Å². The number of nitrogens with zero attached hydrogens (tertiary/aromatic N) is 2. The third-order valence-electron chi connectivity index (χ3n) is 3.11. The summed E-state index contributed by atoms with van der Waals surface area (Å²) in [5.41, 5.74) is 3.66. The van der Waals surface area contributed by atoms with E-state index in [4.69, 9.17) is 16.3 Å². The van der Waals surface area contributed by atoms with Gasteiger partial charge in [0.05, 0.1) is 11.4 Å². The average molecular weight is 317 g/mol. The maximum Gasteiger partial charge on any atom is 0.331 e. The molecule has 0 amide bonds. The first kappa shape index (κ1) is 16.0. The molecule has 22 heavy (non-hydrogen) atoms. The monoisotopic (exact) mass is 316 g/mol. The summed E-state index contributed by atoms with van der Waals surface area (Å²) in [5.74, 6) is -0.465. The first-order valence-corrected chi connectivity index (χ1v) is 7.16. The molecule has 114 valence electrons. The van der Waals surface area contributed by atoms with Crippen LogP contribution in [-0.2, 0) is 9.53 Å². The molecular formula is C17H17ClN2O2. The summed E-state index contributed by atoms with van der Waals surface area (Å²) in [7, 11) is 0. The predicted molar refractivity (Wildman–Crippen MR) is 88.0 cm³/mol. The molecule has 0 saturated heterocycles. The number of carbonyl (C=O) groups is 1. The van der Waals surface area contributed by atoms with Crippen molar-refractivity contribution in [1.82, 2.24) is 9.78 Å². The van der Waals surface area contributed by atoms with Crippen molar-refractivity contribution in [1.29, 1.82) is 0 Å². The van der Waals surface area contributed by atoms with Crippen LogP contribution in [0, 0.1) is 13.8 Å². The summed E-state index contributed by atoms with van der Waals surface area (Å²) in [6.07, 6.45) is 3.07. The molecule has 0 radical (unpaired) electrons. The van der Waals surface area contributed by atoms with E-state index in [9.17, 15) is 4.79 Å². The molecule has 0 N–H and O–H groups in total. The Hall–Kier alpha value is -2.33. The van der Waals surface area contributed by atoms with Crippen molar-refractivity contribution < 1.29 is 9.53 Å². The number of benzene rings is 1. The summed E-state index contributed by atoms with van der Waals surface area (Å²) in [6.45, 7) is 7.33. The van der Waals surface area contributed by atoms with Gasteiger partial charge in [-0.05, 0) is 32.1 Å². The van der Waals surface area contributed by atoms with Crippen molar-refractivity contribution in [3.63, 3.8) is 0 Å². The van der Waals surface area contributed by atoms with Gasteiger partial charge in [-0.1, -0.05) is 36.4 Å². The zero-order valence-corrected chi connectivity index (χ0v) is 13.3. The molecule has 1 aromatic heterocycles. The molecule has 0 aliphatic rings. The Kier molecular flexibility index (Phi) is 5.17. The number of rotatable bonds is 5. The molecule has 0 atom stereocenters. The molecule has 5 heteroatoms. The van der Waals surface area contributed by atoms with Gasteiger partial charge in [-0.3, -0.25) is 0 Å². The van der Waals surface area contributed by atoms with E-state index in [-0.39, 0.29) is 11.6 Å². The quantitative estimate of drug-likeness (QED) is 0.622. The van der Waals surface area contributed by atoms with Gasteiger partial charge in [0.2, 0.25) is 0 Å². The van der Waals surface area contributed by atoms with E-state index in [1.54, 1.807) is 6.08 Å². The van der Waals surface area contributed by atoms with E-state index in [0.29, 0.717) is 0 Å². The Bertz CT molecular complexity index is 718. The maximum atomic E-state index is 11.6. The highest BCUT2D eigenvalue weighted by atomic mass is 35.5. The highest BCUT2D eigenvalue weighted by molar-refractivity contribution is 6.29. The summed E-state index contributed by atoms with van der Waals surface area (Å²) in [6, 6.07) is 9.83. The van der Waals surface area contributed by atoms with Crippen molar-refractivity contribution in [3.05, 3.63) is 65.0 Å². The fourth-order valence-electron chi connectivity index (χ4n) is 2.07.